The van der Waals surface area contributed by atoms with E-state index in [2.05, 4.69) is 0 Å². The molecule has 0 aliphatic carbocycles. The van der Waals surface area contributed by atoms with Crippen molar-refractivity contribution in [2.75, 3.05) is 38.1 Å². The summed E-state index contributed by atoms with van der Waals surface area (Å²) in [5.74, 6) is -2.04. The topological polar surface area (TPSA) is 102 Å². The Bertz CT molecular complexity index is 868. The van der Waals surface area contributed by atoms with Gasteiger partial charge in [0.15, 0.2) is 0 Å². The molecule has 142 valence electrons. The highest BCUT2D eigenvalue weighted by atomic mass is 16.5. The van der Waals surface area contributed by atoms with Crippen molar-refractivity contribution in [2.24, 2.45) is 5.73 Å². The molecule has 27 heavy (non-hydrogen) atoms. The largest absolute Gasteiger partial charge is 0.465 e. The van der Waals surface area contributed by atoms with Crippen LogP contribution < -0.4 is 15.5 Å². The number of carbonyl (C=O) groups excluding carboxylic acids is 3. The summed E-state index contributed by atoms with van der Waals surface area (Å²) in [6.07, 6.45) is 6.27. The number of amides is 1. The molecule has 1 heterocycles. The Kier molecular flexibility index (Phi) is 6.02. The summed E-state index contributed by atoms with van der Waals surface area (Å²) < 4.78 is 9.62. The minimum Gasteiger partial charge on any atom is -0.465 e. The summed E-state index contributed by atoms with van der Waals surface area (Å²) in [7, 11) is 6.00. The Hall–Kier alpha value is -3.55. The van der Waals surface area contributed by atoms with Gasteiger partial charge in [0.05, 0.1) is 25.4 Å². The Labute approximate surface area is 157 Å². The minimum atomic E-state index is -0.732. The Balaban J connectivity index is 2.70. The lowest BCUT2D eigenvalue weighted by molar-refractivity contribution is -0.139. The summed E-state index contributed by atoms with van der Waals surface area (Å²) in [4.78, 5) is 39.7. The van der Waals surface area contributed by atoms with Crippen LogP contribution in [0.2, 0.25) is 0 Å². The Morgan fingerprint density at radius 3 is 2.26 bits per heavy atom. The van der Waals surface area contributed by atoms with Gasteiger partial charge in [-0.3, -0.25) is 4.79 Å². The van der Waals surface area contributed by atoms with E-state index in [0.29, 0.717) is 11.4 Å². The lowest BCUT2D eigenvalue weighted by Crippen LogP contribution is -2.27. The summed E-state index contributed by atoms with van der Waals surface area (Å²) in [5.41, 5.74) is 6.84. The highest BCUT2D eigenvalue weighted by Gasteiger charge is 2.28. The number of ether oxygens (including phenoxy) is 2. The molecule has 8 heteroatoms. The first kappa shape index (κ1) is 19.8. The van der Waals surface area contributed by atoms with E-state index in [-0.39, 0.29) is 16.8 Å². The normalized spacial score (nSPS) is 13.3. The van der Waals surface area contributed by atoms with E-state index in [1.165, 1.54) is 25.2 Å². The first-order chi connectivity index (χ1) is 12.8. The second kappa shape index (κ2) is 8.22. The van der Waals surface area contributed by atoms with Crippen molar-refractivity contribution in [3.8, 4) is 0 Å². The Morgan fingerprint density at radius 2 is 1.70 bits per heavy atom. The van der Waals surface area contributed by atoms with Gasteiger partial charge in [-0.05, 0) is 30.4 Å². The molecule has 2 rings (SSSR count). The molecule has 0 saturated carbocycles. The summed E-state index contributed by atoms with van der Waals surface area (Å²) in [5, 5.41) is 0. The molecule has 0 saturated heterocycles. The number of allylic oxidation sites excluding steroid dienone is 2. The molecule has 1 amide bonds. The fourth-order valence-electron chi connectivity index (χ4n) is 2.63. The van der Waals surface area contributed by atoms with Crippen molar-refractivity contribution < 1.29 is 23.9 Å². The fourth-order valence-corrected chi connectivity index (χ4v) is 2.63. The first-order valence-corrected chi connectivity index (χ1v) is 7.98. The van der Waals surface area contributed by atoms with Gasteiger partial charge < -0.3 is 25.0 Å². The molecule has 2 N–H and O–H groups in total. The van der Waals surface area contributed by atoms with Crippen LogP contribution in [0.15, 0.2) is 53.9 Å². The van der Waals surface area contributed by atoms with Gasteiger partial charge in [0.2, 0.25) is 0 Å². The van der Waals surface area contributed by atoms with Gasteiger partial charge in [-0.15, -0.1) is 0 Å². The van der Waals surface area contributed by atoms with Crippen molar-refractivity contribution >= 4 is 29.2 Å². The highest BCUT2D eigenvalue weighted by molar-refractivity contribution is 6.06. The van der Waals surface area contributed by atoms with Crippen molar-refractivity contribution in [1.29, 1.82) is 0 Å². The number of primary amides is 1. The zero-order valence-electron chi connectivity index (χ0n) is 15.6. The maximum atomic E-state index is 12.4. The molecule has 1 aliphatic rings. The van der Waals surface area contributed by atoms with Crippen LogP contribution in [-0.4, -0.2) is 46.2 Å². The van der Waals surface area contributed by atoms with Crippen LogP contribution in [0.1, 0.15) is 10.4 Å². The highest BCUT2D eigenvalue weighted by Crippen LogP contribution is 2.30. The molecule has 0 radical (unpaired) electrons. The van der Waals surface area contributed by atoms with Gasteiger partial charge in [0.25, 0.3) is 5.91 Å². The number of anilines is 2. The maximum absolute atomic E-state index is 12.4. The third-order valence-electron chi connectivity index (χ3n) is 3.89. The minimum absolute atomic E-state index is 0.0201. The van der Waals surface area contributed by atoms with E-state index in [1.807, 2.05) is 0 Å². The molecule has 0 fully saturated rings. The average Bonchev–Trinajstić information content (AvgIpc) is 2.88. The predicted octanol–water partition coefficient (Wildman–Crippen LogP) is 1.34. The lowest BCUT2D eigenvalue weighted by Gasteiger charge is -2.25. The molecule has 0 bridgehead atoms. The molecular weight excluding hydrogens is 350 g/mol. The van der Waals surface area contributed by atoms with Crippen LogP contribution in [0, 0.1) is 0 Å². The molecule has 0 unspecified atom stereocenters. The lowest BCUT2D eigenvalue weighted by atomic mass is 10.1. The summed E-state index contributed by atoms with van der Waals surface area (Å²) in [6, 6.07) is 4.95. The van der Waals surface area contributed by atoms with Gasteiger partial charge >= 0.3 is 11.9 Å². The first-order valence-electron chi connectivity index (χ1n) is 7.98. The molecule has 8 nitrogen and oxygen atoms in total. The third kappa shape index (κ3) is 4.00. The SMILES string of the molecule is COC(=O)C1=C(C(=O)OC)N(c2ccc(N(C)C)c(C(N)=O)c2)C=CC=C1. The number of nitrogens with two attached hydrogens (primary N) is 1. The fraction of sp³-hybridized carbons (Fsp3) is 0.211. The van der Waals surface area contributed by atoms with E-state index in [4.69, 9.17) is 15.2 Å². The van der Waals surface area contributed by atoms with Crippen molar-refractivity contribution in [1.82, 2.24) is 0 Å². The van der Waals surface area contributed by atoms with Gasteiger partial charge in [0.1, 0.15) is 5.70 Å². The molecule has 0 atom stereocenters. The molecule has 0 spiro atoms. The monoisotopic (exact) mass is 371 g/mol. The summed E-state index contributed by atoms with van der Waals surface area (Å²) in [6.45, 7) is 0. The number of hydrogen-bond acceptors (Lipinski definition) is 7. The number of nitrogens with zero attached hydrogens (tertiary/aromatic N) is 2. The van der Waals surface area contributed by atoms with Gasteiger partial charge in [-0.2, -0.15) is 0 Å². The number of esters is 2. The zero-order valence-corrected chi connectivity index (χ0v) is 15.6. The van der Waals surface area contributed by atoms with Crippen molar-refractivity contribution in [3.63, 3.8) is 0 Å². The number of hydrogen-bond donors (Lipinski definition) is 1. The van der Waals surface area contributed by atoms with E-state index in [9.17, 15) is 14.4 Å². The van der Waals surface area contributed by atoms with Crippen LogP contribution in [-0.2, 0) is 19.1 Å². The average molecular weight is 371 g/mol. The Morgan fingerprint density at radius 1 is 1.04 bits per heavy atom. The van der Waals surface area contributed by atoms with E-state index >= 15 is 0 Å². The van der Waals surface area contributed by atoms with Crippen molar-refractivity contribution in [2.45, 2.75) is 0 Å². The van der Waals surface area contributed by atoms with E-state index < -0.39 is 17.8 Å². The van der Waals surface area contributed by atoms with Gasteiger partial charge in [-0.25, -0.2) is 9.59 Å². The number of carbonyl (C=O) groups is 3. The summed E-state index contributed by atoms with van der Waals surface area (Å²) >= 11 is 0. The molecule has 1 aromatic rings. The number of benzene rings is 1. The van der Waals surface area contributed by atoms with Crippen LogP contribution in [0.3, 0.4) is 0 Å². The van der Waals surface area contributed by atoms with Crippen molar-refractivity contribution in [3.05, 3.63) is 59.5 Å². The molecule has 0 aromatic heterocycles. The third-order valence-corrected chi connectivity index (χ3v) is 3.89. The van der Waals surface area contributed by atoms with E-state index in [0.717, 1.165) is 0 Å². The molecular formula is C19H21N3O5. The van der Waals surface area contributed by atoms with Crippen LogP contribution in [0.25, 0.3) is 0 Å². The van der Waals surface area contributed by atoms with E-state index in [1.54, 1.807) is 55.5 Å². The smallest absolute Gasteiger partial charge is 0.355 e. The molecule has 1 aliphatic heterocycles. The van der Waals surface area contributed by atoms with Crippen LogP contribution in [0.5, 0.6) is 0 Å². The van der Waals surface area contributed by atoms with Crippen LogP contribution in [0.4, 0.5) is 11.4 Å². The van der Waals surface area contributed by atoms with Crippen LogP contribution >= 0.6 is 0 Å². The van der Waals surface area contributed by atoms with Gasteiger partial charge in [-0.1, -0.05) is 6.08 Å². The standard InChI is InChI=1S/C19H21N3O5/c1-21(2)15-9-8-12(11-14(15)17(20)23)22-10-6-5-7-13(18(24)26-3)16(22)19(25)27-4/h5-11H,1-4H3,(H2,20,23). The second-order valence-corrected chi connectivity index (χ2v) is 5.78. The quantitative estimate of drug-likeness (QED) is 0.779. The zero-order chi connectivity index (χ0) is 20.1. The predicted molar refractivity (Wildman–Crippen MR) is 101 cm³/mol. The van der Waals surface area contributed by atoms with Gasteiger partial charge in [0, 0.05) is 31.7 Å². The number of methoxy groups -OCH3 is 2. The molecule has 1 aromatic carbocycles. The second-order valence-electron chi connectivity index (χ2n) is 5.78. The maximum Gasteiger partial charge on any atom is 0.355 e. The number of rotatable bonds is 5.